The number of rotatable bonds is 41. The number of carbonyl (C=O) groups excluding carboxylic acids is 1. The Morgan fingerprint density at radius 3 is 1.53 bits per heavy atom. The standard InChI is InChI=1S/C51H93NO8/c1-3-5-7-9-11-13-15-17-19-21-22-23-24-25-27-29-31-33-35-37-39-41-47(55)52-44(43-59-51-50(58)49(57)48(56)46(42-53)60-51)45(54)40-38-36-34-32-30-28-26-20-18-16-14-12-10-8-6-4-2/h5,7,11,13,17,19,22-23,44-46,48-51,53-54,56-58H,3-4,6,8-10,12,14-16,18,20-21,24-43H2,1-2H3,(H,52,55)/b7-5-,13-11-,19-17-,23-22-. The van der Waals surface area contributed by atoms with Gasteiger partial charge in [0.25, 0.3) is 0 Å². The van der Waals surface area contributed by atoms with Crippen molar-refractivity contribution in [3.8, 4) is 0 Å². The molecule has 7 unspecified atom stereocenters. The smallest absolute Gasteiger partial charge is 0.220 e. The monoisotopic (exact) mass is 848 g/mol. The van der Waals surface area contributed by atoms with Crippen LogP contribution < -0.4 is 5.32 Å². The highest BCUT2D eigenvalue weighted by Gasteiger charge is 2.44. The molecule has 350 valence electrons. The van der Waals surface area contributed by atoms with Crippen LogP contribution in [0.4, 0.5) is 0 Å². The molecule has 0 saturated carbocycles. The van der Waals surface area contributed by atoms with E-state index in [0.29, 0.717) is 12.8 Å². The average molecular weight is 848 g/mol. The molecule has 7 atom stereocenters. The predicted octanol–water partition coefficient (Wildman–Crippen LogP) is 11.0. The van der Waals surface area contributed by atoms with Crippen LogP contribution in [-0.4, -0.2) is 87.5 Å². The maximum Gasteiger partial charge on any atom is 0.220 e. The number of amides is 1. The van der Waals surface area contributed by atoms with Crippen molar-refractivity contribution >= 4 is 5.91 Å². The third-order valence-corrected chi connectivity index (χ3v) is 11.7. The maximum atomic E-state index is 13.0. The van der Waals surface area contributed by atoms with Gasteiger partial charge in [0.1, 0.15) is 24.4 Å². The number of aliphatic hydroxyl groups excluding tert-OH is 5. The maximum absolute atomic E-state index is 13.0. The quantitative estimate of drug-likeness (QED) is 0.0263. The number of carbonyl (C=O) groups is 1. The van der Waals surface area contributed by atoms with E-state index < -0.39 is 49.5 Å². The summed E-state index contributed by atoms with van der Waals surface area (Å²) in [6.45, 7) is 3.72. The van der Waals surface area contributed by atoms with Gasteiger partial charge >= 0.3 is 0 Å². The number of ether oxygens (including phenoxy) is 2. The molecule has 0 bridgehead atoms. The Hall–Kier alpha value is -1.85. The average Bonchev–Trinajstić information content (AvgIpc) is 3.25. The first-order chi connectivity index (χ1) is 29.3. The normalized spacial score (nSPS) is 20.9. The Kier molecular flexibility index (Phi) is 38.5. The molecule has 1 aliphatic heterocycles. The van der Waals surface area contributed by atoms with Gasteiger partial charge < -0.3 is 40.3 Å². The van der Waals surface area contributed by atoms with Gasteiger partial charge in [-0.1, -0.05) is 204 Å². The second-order valence-corrected chi connectivity index (χ2v) is 17.2. The van der Waals surface area contributed by atoms with Crippen LogP contribution in [0.2, 0.25) is 0 Å². The van der Waals surface area contributed by atoms with Crippen LogP contribution >= 0.6 is 0 Å². The van der Waals surface area contributed by atoms with Gasteiger partial charge in [-0.25, -0.2) is 0 Å². The number of hydrogen-bond acceptors (Lipinski definition) is 8. The van der Waals surface area contributed by atoms with Crippen molar-refractivity contribution in [2.24, 2.45) is 0 Å². The van der Waals surface area contributed by atoms with Gasteiger partial charge in [0, 0.05) is 6.42 Å². The molecule has 0 aliphatic carbocycles. The number of aliphatic hydroxyl groups is 5. The van der Waals surface area contributed by atoms with Crippen LogP contribution in [0.3, 0.4) is 0 Å². The van der Waals surface area contributed by atoms with Crippen molar-refractivity contribution < 1.29 is 39.8 Å². The lowest BCUT2D eigenvalue weighted by Gasteiger charge is -2.40. The molecule has 0 aromatic rings. The molecule has 0 radical (unpaired) electrons. The zero-order valence-electron chi connectivity index (χ0n) is 38.5. The molecule has 0 aromatic carbocycles. The summed E-state index contributed by atoms with van der Waals surface area (Å²) in [4.78, 5) is 13.0. The molecular weight excluding hydrogens is 755 g/mol. The number of unbranched alkanes of at least 4 members (excludes halogenated alkanes) is 23. The lowest BCUT2D eigenvalue weighted by Crippen LogP contribution is -2.60. The topological polar surface area (TPSA) is 149 Å². The van der Waals surface area contributed by atoms with E-state index in [2.05, 4.69) is 67.8 Å². The fourth-order valence-corrected chi connectivity index (χ4v) is 7.74. The summed E-state index contributed by atoms with van der Waals surface area (Å²) in [5.41, 5.74) is 0. The molecule has 1 aliphatic rings. The lowest BCUT2D eigenvalue weighted by molar-refractivity contribution is -0.302. The fraction of sp³-hybridized carbons (Fsp3) is 0.824. The van der Waals surface area contributed by atoms with Gasteiger partial charge in [-0.15, -0.1) is 0 Å². The first-order valence-electron chi connectivity index (χ1n) is 24.8. The second-order valence-electron chi connectivity index (χ2n) is 17.2. The van der Waals surface area contributed by atoms with Gasteiger partial charge in [0.2, 0.25) is 5.91 Å². The van der Waals surface area contributed by atoms with E-state index in [1.54, 1.807) is 0 Å². The van der Waals surface area contributed by atoms with Crippen LogP contribution in [0.1, 0.15) is 213 Å². The van der Waals surface area contributed by atoms with E-state index in [1.807, 2.05) is 0 Å². The first kappa shape index (κ1) is 56.2. The van der Waals surface area contributed by atoms with Crippen LogP contribution in [-0.2, 0) is 14.3 Å². The first-order valence-corrected chi connectivity index (χ1v) is 24.8. The Morgan fingerprint density at radius 1 is 0.583 bits per heavy atom. The van der Waals surface area contributed by atoms with E-state index in [-0.39, 0.29) is 12.5 Å². The van der Waals surface area contributed by atoms with Gasteiger partial charge in [-0.05, 0) is 51.4 Å². The Bertz CT molecular complexity index is 1080. The zero-order chi connectivity index (χ0) is 43.7. The van der Waals surface area contributed by atoms with Crippen molar-refractivity contribution in [2.75, 3.05) is 13.2 Å². The second kappa shape index (κ2) is 41.2. The summed E-state index contributed by atoms with van der Waals surface area (Å²) in [6.07, 6.45) is 45.4. The van der Waals surface area contributed by atoms with Crippen molar-refractivity contribution in [3.63, 3.8) is 0 Å². The van der Waals surface area contributed by atoms with E-state index in [0.717, 1.165) is 70.6 Å². The molecule has 60 heavy (non-hydrogen) atoms. The van der Waals surface area contributed by atoms with E-state index in [4.69, 9.17) is 9.47 Å². The Morgan fingerprint density at radius 2 is 1.03 bits per heavy atom. The molecule has 0 spiro atoms. The zero-order valence-corrected chi connectivity index (χ0v) is 38.5. The number of nitrogens with one attached hydrogen (secondary N) is 1. The van der Waals surface area contributed by atoms with Crippen molar-refractivity contribution in [1.29, 1.82) is 0 Å². The lowest BCUT2D eigenvalue weighted by atomic mass is 9.99. The Labute approximate surface area is 367 Å². The minimum Gasteiger partial charge on any atom is -0.394 e. The highest BCUT2D eigenvalue weighted by molar-refractivity contribution is 5.76. The fourth-order valence-electron chi connectivity index (χ4n) is 7.74. The van der Waals surface area contributed by atoms with E-state index >= 15 is 0 Å². The van der Waals surface area contributed by atoms with Crippen LogP contribution in [0.25, 0.3) is 0 Å². The molecule has 1 heterocycles. The van der Waals surface area contributed by atoms with Crippen molar-refractivity contribution in [1.82, 2.24) is 5.32 Å². The number of allylic oxidation sites excluding steroid dienone is 8. The van der Waals surface area contributed by atoms with E-state index in [1.165, 1.54) is 116 Å². The molecule has 9 heteroatoms. The summed E-state index contributed by atoms with van der Waals surface area (Å²) in [6, 6.07) is -0.724. The third kappa shape index (κ3) is 31.1. The summed E-state index contributed by atoms with van der Waals surface area (Å²) in [5, 5.41) is 54.5. The Balaban J connectivity index is 2.29. The SMILES string of the molecule is CC/C=C\C/C=C\C/C=C\C/C=C\CCCCCCCCCCC(=O)NC(COC1OC(CO)C(O)C(O)C1O)C(O)CCCCCCCCCCCCCCCCCC. The van der Waals surface area contributed by atoms with Gasteiger partial charge in [-0.2, -0.15) is 0 Å². The molecular formula is C51H93NO8. The summed E-state index contributed by atoms with van der Waals surface area (Å²) < 4.78 is 11.3. The molecule has 1 rings (SSSR count). The largest absolute Gasteiger partial charge is 0.394 e. The third-order valence-electron chi connectivity index (χ3n) is 11.7. The van der Waals surface area contributed by atoms with Crippen molar-refractivity contribution in [3.05, 3.63) is 48.6 Å². The molecule has 1 saturated heterocycles. The van der Waals surface area contributed by atoms with Crippen LogP contribution in [0, 0.1) is 0 Å². The molecule has 1 fully saturated rings. The summed E-state index contributed by atoms with van der Waals surface area (Å²) in [7, 11) is 0. The highest BCUT2D eigenvalue weighted by atomic mass is 16.7. The summed E-state index contributed by atoms with van der Waals surface area (Å²) in [5.74, 6) is -0.153. The van der Waals surface area contributed by atoms with E-state index in [9.17, 15) is 30.3 Å². The molecule has 1 amide bonds. The predicted molar refractivity (Wildman–Crippen MR) is 249 cm³/mol. The van der Waals surface area contributed by atoms with Crippen molar-refractivity contribution in [2.45, 2.75) is 256 Å². The van der Waals surface area contributed by atoms with Crippen LogP contribution in [0.5, 0.6) is 0 Å². The number of hydrogen-bond donors (Lipinski definition) is 6. The minimum atomic E-state index is -1.56. The minimum absolute atomic E-state index is 0.142. The summed E-state index contributed by atoms with van der Waals surface area (Å²) >= 11 is 0. The highest BCUT2D eigenvalue weighted by Crippen LogP contribution is 2.23. The van der Waals surface area contributed by atoms with Gasteiger partial charge in [-0.3, -0.25) is 4.79 Å². The van der Waals surface area contributed by atoms with Crippen LogP contribution in [0.15, 0.2) is 48.6 Å². The molecule has 0 aromatic heterocycles. The van der Waals surface area contributed by atoms with Gasteiger partial charge in [0.15, 0.2) is 6.29 Å². The molecule has 9 nitrogen and oxygen atoms in total. The van der Waals surface area contributed by atoms with Gasteiger partial charge in [0.05, 0.1) is 25.4 Å². The molecule has 6 N–H and O–H groups in total.